The topological polar surface area (TPSA) is 79.4 Å². The monoisotopic (exact) mass is 545 g/mol. The first-order valence-electron chi connectivity index (χ1n) is 13.2. The maximum Gasteiger partial charge on any atom is 0.248 e. The smallest absolute Gasteiger partial charge is 0.248 e. The van der Waals surface area contributed by atoms with E-state index in [1.165, 1.54) is 42.6 Å². The molecule has 0 unspecified atom stereocenters. The Kier molecular flexibility index (Phi) is 10.7. The zero-order chi connectivity index (χ0) is 27.9. The third kappa shape index (κ3) is 7.79. The molecular weight excluding hydrogens is 502 g/mol. The summed E-state index contributed by atoms with van der Waals surface area (Å²) in [5.41, 5.74) is 3.59. The van der Waals surface area contributed by atoms with E-state index in [9.17, 15) is 13.2 Å². The number of carbonyl (C=O) groups excluding carboxylic acids is 1. The molecule has 1 fully saturated rings. The summed E-state index contributed by atoms with van der Waals surface area (Å²) in [6.45, 7) is 5.09. The predicted molar refractivity (Wildman–Crippen MR) is 150 cm³/mol. The summed E-state index contributed by atoms with van der Waals surface area (Å²) in [6, 6.07) is 12.5. The van der Waals surface area contributed by atoms with Gasteiger partial charge in [0.1, 0.15) is 12.4 Å². The molecule has 1 amide bonds. The predicted octanol–water partition coefficient (Wildman–Crippen LogP) is 3.98. The minimum atomic E-state index is -3.70. The van der Waals surface area contributed by atoms with Crippen molar-refractivity contribution in [3.8, 4) is 5.75 Å². The van der Waals surface area contributed by atoms with Crippen molar-refractivity contribution in [2.24, 2.45) is 0 Å². The zero-order valence-corrected chi connectivity index (χ0v) is 24.5. The number of hydrogen-bond acceptors (Lipinski definition) is 6. The average molecular weight is 546 g/mol. The van der Waals surface area contributed by atoms with Gasteiger partial charge in [-0.15, -0.1) is 0 Å². The van der Waals surface area contributed by atoms with Gasteiger partial charge in [0.05, 0.1) is 18.6 Å². The van der Waals surface area contributed by atoms with Crippen LogP contribution in [0.2, 0.25) is 0 Å². The molecule has 1 aliphatic carbocycles. The minimum absolute atomic E-state index is 0.102. The van der Waals surface area contributed by atoms with Crippen LogP contribution in [-0.2, 0) is 32.6 Å². The van der Waals surface area contributed by atoms with Gasteiger partial charge in [0.15, 0.2) is 0 Å². The van der Waals surface area contributed by atoms with Gasteiger partial charge in [0.2, 0.25) is 15.9 Å². The summed E-state index contributed by atoms with van der Waals surface area (Å²) in [6.07, 6.45) is 5.24. The highest BCUT2D eigenvalue weighted by molar-refractivity contribution is 7.89. The number of ether oxygens (including phenoxy) is 2. The van der Waals surface area contributed by atoms with Crippen LogP contribution >= 0.6 is 0 Å². The molecule has 0 saturated heterocycles. The van der Waals surface area contributed by atoms with E-state index in [0.717, 1.165) is 12.1 Å². The summed E-state index contributed by atoms with van der Waals surface area (Å²) in [5.74, 6) is 0.470. The second-order valence-electron chi connectivity index (χ2n) is 10.4. The maximum absolute atomic E-state index is 13.1. The number of methoxy groups -OCH3 is 1. The number of benzene rings is 2. The molecule has 0 N–H and O–H groups in total. The van der Waals surface area contributed by atoms with Crippen LogP contribution in [0.4, 0.5) is 0 Å². The SMILES string of the molecule is COc1cc(C)c(S(=O)(=O)N(C)CCOCC(=O)N(C)Cc2ccc(CN(C)C3CCCC3)cc2)c(C)c1. The molecule has 0 spiro atoms. The fourth-order valence-electron chi connectivity index (χ4n) is 5.05. The fourth-order valence-corrected chi connectivity index (χ4v) is 6.61. The summed E-state index contributed by atoms with van der Waals surface area (Å²) in [4.78, 5) is 16.9. The molecule has 2 aromatic carbocycles. The van der Waals surface area contributed by atoms with Crippen molar-refractivity contribution in [2.45, 2.75) is 63.6 Å². The summed E-state index contributed by atoms with van der Waals surface area (Å²) in [7, 11) is 3.32. The standard InChI is InChI=1S/C29H43N3O5S/c1-22-17-27(36-6)18-23(2)29(22)38(34,35)32(5)15-16-37-21-28(33)31(4)20-25-13-11-24(12-14-25)19-30(3)26-9-7-8-10-26/h11-14,17-18,26H,7-10,15-16,19-21H2,1-6H3. The number of rotatable bonds is 13. The van der Waals surface area contributed by atoms with Gasteiger partial charge in [0, 0.05) is 39.8 Å². The molecule has 0 atom stereocenters. The second-order valence-corrected chi connectivity index (χ2v) is 12.4. The van der Waals surface area contributed by atoms with Crippen LogP contribution in [0.5, 0.6) is 5.75 Å². The molecule has 8 nitrogen and oxygen atoms in total. The van der Waals surface area contributed by atoms with Crippen LogP contribution in [0.1, 0.15) is 47.9 Å². The number of aryl methyl sites for hydroxylation is 2. The molecule has 38 heavy (non-hydrogen) atoms. The number of carbonyl (C=O) groups is 1. The molecule has 9 heteroatoms. The van der Waals surface area contributed by atoms with Crippen LogP contribution < -0.4 is 4.74 Å². The van der Waals surface area contributed by atoms with Crippen molar-refractivity contribution < 1.29 is 22.7 Å². The Bertz CT molecular complexity index is 1150. The largest absolute Gasteiger partial charge is 0.497 e. The van der Waals surface area contributed by atoms with Crippen molar-refractivity contribution in [3.05, 3.63) is 58.7 Å². The zero-order valence-electron chi connectivity index (χ0n) is 23.7. The average Bonchev–Trinajstić information content (AvgIpc) is 3.42. The summed E-state index contributed by atoms with van der Waals surface area (Å²) >= 11 is 0. The van der Waals surface area contributed by atoms with Crippen molar-refractivity contribution in [1.82, 2.24) is 14.1 Å². The molecule has 1 aliphatic rings. The summed E-state index contributed by atoms with van der Waals surface area (Å²) < 4.78 is 38.3. The second kappa shape index (κ2) is 13.6. The van der Waals surface area contributed by atoms with Gasteiger partial charge in [-0.25, -0.2) is 8.42 Å². The first-order valence-corrected chi connectivity index (χ1v) is 14.7. The van der Waals surface area contributed by atoms with E-state index in [2.05, 4.69) is 36.2 Å². The first kappa shape index (κ1) is 30.1. The van der Waals surface area contributed by atoms with Crippen molar-refractivity contribution in [1.29, 1.82) is 0 Å². The molecule has 210 valence electrons. The highest BCUT2D eigenvalue weighted by Gasteiger charge is 2.25. The molecule has 1 saturated carbocycles. The van der Waals surface area contributed by atoms with Gasteiger partial charge in [-0.3, -0.25) is 9.69 Å². The van der Waals surface area contributed by atoms with Crippen LogP contribution in [0.15, 0.2) is 41.3 Å². The highest BCUT2D eigenvalue weighted by Crippen LogP contribution is 2.28. The van der Waals surface area contributed by atoms with Crippen LogP contribution in [0, 0.1) is 13.8 Å². The Morgan fingerprint density at radius 2 is 1.50 bits per heavy atom. The van der Waals surface area contributed by atoms with Gasteiger partial charge >= 0.3 is 0 Å². The van der Waals surface area contributed by atoms with E-state index in [4.69, 9.17) is 9.47 Å². The van der Waals surface area contributed by atoms with E-state index < -0.39 is 10.0 Å². The normalized spacial score (nSPS) is 14.4. The first-order chi connectivity index (χ1) is 18.0. The van der Waals surface area contributed by atoms with Gasteiger partial charge in [0.25, 0.3) is 0 Å². The van der Waals surface area contributed by atoms with Crippen molar-refractivity contribution in [2.75, 3.05) is 48.0 Å². The number of sulfonamides is 1. The minimum Gasteiger partial charge on any atom is -0.497 e. The third-order valence-corrected chi connectivity index (χ3v) is 9.53. The molecule has 0 heterocycles. The van der Waals surface area contributed by atoms with Crippen molar-refractivity contribution >= 4 is 15.9 Å². The lowest BCUT2D eigenvalue weighted by Gasteiger charge is -2.24. The van der Waals surface area contributed by atoms with Gasteiger partial charge in [-0.05, 0) is 68.1 Å². The van der Waals surface area contributed by atoms with Crippen molar-refractivity contribution in [3.63, 3.8) is 0 Å². The van der Waals surface area contributed by atoms with Crippen LogP contribution in [-0.4, -0.2) is 82.5 Å². The molecule has 0 radical (unpaired) electrons. The molecule has 0 aromatic heterocycles. The van der Waals surface area contributed by atoms with Gasteiger partial charge in [-0.2, -0.15) is 4.31 Å². The van der Waals surface area contributed by atoms with E-state index in [1.54, 1.807) is 45.0 Å². The highest BCUT2D eigenvalue weighted by atomic mass is 32.2. The summed E-state index contributed by atoms with van der Waals surface area (Å²) in [5, 5.41) is 0. The molecule has 3 rings (SSSR count). The Hall–Kier alpha value is -2.46. The van der Waals surface area contributed by atoms with Crippen LogP contribution in [0.3, 0.4) is 0 Å². The molecule has 0 aliphatic heterocycles. The lowest BCUT2D eigenvalue weighted by molar-refractivity contribution is -0.135. The quantitative estimate of drug-likeness (QED) is 0.354. The van der Waals surface area contributed by atoms with E-state index in [1.807, 2.05) is 0 Å². The molecule has 2 aromatic rings. The fraction of sp³-hybridized carbons (Fsp3) is 0.552. The number of hydrogen-bond donors (Lipinski definition) is 0. The van der Waals surface area contributed by atoms with E-state index in [-0.39, 0.29) is 30.6 Å². The van der Waals surface area contributed by atoms with Gasteiger partial charge in [-0.1, -0.05) is 37.1 Å². The van der Waals surface area contributed by atoms with E-state index in [0.29, 0.717) is 29.5 Å². The number of amides is 1. The third-order valence-electron chi connectivity index (χ3n) is 7.36. The lowest BCUT2D eigenvalue weighted by atomic mass is 10.1. The number of likely N-dealkylation sites (N-methyl/N-ethyl adjacent to an activating group) is 2. The Labute approximate surface area is 228 Å². The lowest BCUT2D eigenvalue weighted by Crippen LogP contribution is -2.33. The Morgan fingerprint density at radius 1 is 0.947 bits per heavy atom. The van der Waals surface area contributed by atoms with Crippen LogP contribution in [0.25, 0.3) is 0 Å². The van der Waals surface area contributed by atoms with Gasteiger partial charge < -0.3 is 14.4 Å². The Balaban J connectivity index is 1.43. The maximum atomic E-state index is 13.1. The molecular formula is C29H43N3O5S. The number of nitrogens with zero attached hydrogens (tertiary/aromatic N) is 3. The van der Waals surface area contributed by atoms with E-state index >= 15 is 0 Å². The molecule has 0 bridgehead atoms. The Morgan fingerprint density at radius 3 is 2.05 bits per heavy atom.